The van der Waals surface area contributed by atoms with Gasteiger partial charge in [0.05, 0.1) is 17.1 Å². The second kappa shape index (κ2) is 5.35. The first kappa shape index (κ1) is 13.0. The zero-order valence-corrected chi connectivity index (χ0v) is 9.43. The number of hydrogen-bond donors (Lipinski definition) is 1. The van der Waals surface area contributed by atoms with Crippen molar-refractivity contribution in [2.75, 3.05) is 13.7 Å². The van der Waals surface area contributed by atoms with Gasteiger partial charge in [-0.3, -0.25) is 10.1 Å². The Bertz CT molecular complexity index is 461. The minimum atomic E-state index is -1.24. The SMILES string of the molecule is COc1cc(OCC(=O)O)c([N+](=O)[O-])cc1Cl. The van der Waals surface area contributed by atoms with Crippen molar-refractivity contribution in [2.24, 2.45) is 0 Å². The fraction of sp³-hybridized carbons (Fsp3) is 0.222. The lowest BCUT2D eigenvalue weighted by Gasteiger charge is -2.08. The molecule has 1 N–H and O–H groups in total. The maximum Gasteiger partial charge on any atom is 0.341 e. The summed E-state index contributed by atoms with van der Waals surface area (Å²) in [6, 6.07) is 2.21. The molecule has 8 heteroatoms. The standard InChI is InChI=1S/C9H8ClNO6/c1-16-7-3-8(17-4-9(12)13)6(11(14)15)2-5(7)10/h2-3H,4H2,1H3,(H,12,13). The van der Waals surface area contributed by atoms with Crippen molar-refractivity contribution in [3.05, 3.63) is 27.3 Å². The van der Waals surface area contributed by atoms with Gasteiger partial charge >= 0.3 is 11.7 Å². The third-order valence-corrected chi connectivity index (χ3v) is 2.08. The highest BCUT2D eigenvalue weighted by Gasteiger charge is 2.20. The quantitative estimate of drug-likeness (QED) is 0.640. The summed E-state index contributed by atoms with van der Waals surface area (Å²) in [5, 5.41) is 19.2. The molecule has 0 amide bonds. The molecule has 1 rings (SSSR count). The molecular formula is C9H8ClNO6. The van der Waals surface area contributed by atoms with E-state index >= 15 is 0 Å². The number of nitrogens with zero attached hydrogens (tertiary/aromatic N) is 1. The summed E-state index contributed by atoms with van der Waals surface area (Å²) in [6.07, 6.45) is 0. The third-order valence-electron chi connectivity index (χ3n) is 1.78. The van der Waals surface area contributed by atoms with E-state index in [1.807, 2.05) is 0 Å². The van der Waals surface area contributed by atoms with Crippen molar-refractivity contribution < 1.29 is 24.3 Å². The Morgan fingerprint density at radius 1 is 1.53 bits per heavy atom. The summed E-state index contributed by atoms with van der Waals surface area (Å²) < 4.78 is 9.62. The van der Waals surface area contributed by atoms with Gasteiger partial charge in [-0.1, -0.05) is 11.6 Å². The van der Waals surface area contributed by atoms with Crippen molar-refractivity contribution in [2.45, 2.75) is 0 Å². The molecule has 0 unspecified atom stereocenters. The van der Waals surface area contributed by atoms with E-state index in [0.29, 0.717) is 0 Å². The maximum atomic E-state index is 10.7. The highest BCUT2D eigenvalue weighted by Crippen LogP contribution is 2.37. The number of halogens is 1. The molecule has 17 heavy (non-hydrogen) atoms. The van der Waals surface area contributed by atoms with Gasteiger partial charge in [0.2, 0.25) is 5.75 Å². The second-order valence-electron chi connectivity index (χ2n) is 2.89. The predicted octanol–water partition coefficient (Wildman–Crippen LogP) is 1.72. The molecular weight excluding hydrogens is 254 g/mol. The van der Waals surface area contributed by atoms with E-state index in [2.05, 4.69) is 0 Å². The molecule has 0 spiro atoms. The van der Waals surface area contributed by atoms with Crippen LogP contribution < -0.4 is 9.47 Å². The van der Waals surface area contributed by atoms with Crippen molar-refractivity contribution in [1.82, 2.24) is 0 Å². The molecule has 0 fully saturated rings. The van der Waals surface area contributed by atoms with E-state index in [1.165, 1.54) is 13.2 Å². The Hall–Kier alpha value is -2.02. The lowest BCUT2D eigenvalue weighted by molar-refractivity contribution is -0.385. The number of hydrogen-bond acceptors (Lipinski definition) is 5. The lowest BCUT2D eigenvalue weighted by Crippen LogP contribution is -2.10. The van der Waals surface area contributed by atoms with Crippen LogP contribution in [0.5, 0.6) is 11.5 Å². The first-order valence-electron chi connectivity index (χ1n) is 4.32. The van der Waals surface area contributed by atoms with E-state index in [9.17, 15) is 14.9 Å². The van der Waals surface area contributed by atoms with E-state index in [1.54, 1.807) is 0 Å². The Labute approximate surface area is 101 Å². The van der Waals surface area contributed by atoms with Crippen LogP contribution in [-0.4, -0.2) is 29.7 Å². The fourth-order valence-corrected chi connectivity index (χ4v) is 1.31. The molecule has 0 aromatic heterocycles. The largest absolute Gasteiger partial charge is 0.495 e. The number of carbonyl (C=O) groups is 1. The van der Waals surface area contributed by atoms with Gasteiger partial charge in [0, 0.05) is 12.1 Å². The van der Waals surface area contributed by atoms with Crippen LogP contribution in [0.25, 0.3) is 0 Å². The zero-order chi connectivity index (χ0) is 13.0. The normalized spacial score (nSPS) is 9.76. The molecule has 0 bridgehead atoms. The summed E-state index contributed by atoms with van der Waals surface area (Å²) >= 11 is 5.71. The number of carboxylic acid groups (broad SMARTS) is 1. The number of aliphatic carboxylic acids is 1. The molecule has 0 saturated carbocycles. The van der Waals surface area contributed by atoms with Gasteiger partial charge in [-0.25, -0.2) is 4.79 Å². The van der Waals surface area contributed by atoms with Crippen LogP contribution in [-0.2, 0) is 4.79 Å². The monoisotopic (exact) mass is 261 g/mol. The Balaban J connectivity index is 3.14. The van der Waals surface area contributed by atoms with Crippen LogP contribution in [0.3, 0.4) is 0 Å². The second-order valence-corrected chi connectivity index (χ2v) is 3.30. The van der Waals surface area contributed by atoms with Crippen molar-refractivity contribution in [1.29, 1.82) is 0 Å². The highest BCUT2D eigenvalue weighted by molar-refractivity contribution is 6.32. The molecule has 0 atom stereocenters. The molecule has 1 aromatic rings. The molecule has 0 radical (unpaired) electrons. The topological polar surface area (TPSA) is 98.9 Å². The van der Waals surface area contributed by atoms with Gasteiger partial charge in [0.1, 0.15) is 5.75 Å². The lowest BCUT2D eigenvalue weighted by atomic mass is 10.3. The van der Waals surface area contributed by atoms with Crippen molar-refractivity contribution in [3.8, 4) is 11.5 Å². The predicted molar refractivity (Wildman–Crippen MR) is 57.8 cm³/mol. The molecule has 7 nitrogen and oxygen atoms in total. The molecule has 92 valence electrons. The summed E-state index contributed by atoms with van der Waals surface area (Å²) in [5.41, 5.74) is -0.419. The minimum absolute atomic E-state index is 0.0434. The van der Waals surface area contributed by atoms with Crippen LogP contribution in [0.1, 0.15) is 0 Å². The van der Waals surface area contributed by atoms with E-state index in [-0.39, 0.29) is 16.5 Å². The average Bonchev–Trinajstić information content (AvgIpc) is 2.26. The smallest absolute Gasteiger partial charge is 0.341 e. The number of ether oxygens (including phenoxy) is 2. The van der Waals surface area contributed by atoms with Gasteiger partial charge in [-0.2, -0.15) is 0 Å². The number of nitro groups is 1. The summed E-state index contributed by atoms with van der Waals surface area (Å²) in [4.78, 5) is 20.3. The number of methoxy groups -OCH3 is 1. The van der Waals surface area contributed by atoms with Crippen LogP contribution in [0.15, 0.2) is 12.1 Å². The number of carboxylic acids is 1. The zero-order valence-electron chi connectivity index (χ0n) is 8.68. The molecule has 0 heterocycles. The van der Waals surface area contributed by atoms with Gasteiger partial charge in [-0.15, -0.1) is 0 Å². The molecule has 1 aromatic carbocycles. The Morgan fingerprint density at radius 3 is 2.65 bits per heavy atom. The summed E-state index contributed by atoms with van der Waals surface area (Å²) in [7, 11) is 1.33. The van der Waals surface area contributed by atoms with Gasteiger partial charge in [-0.05, 0) is 0 Å². The van der Waals surface area contributed by atoms with Crippen LogP contribution >= 0.6 is 11.6 Å². The third kappa shape index (κ3) is 3.22. The molecule has 0 aliphatic carbocycles. The highest BCUT2D eigenvalue weighted by atomic mass is 35.5. The minimum Gasteiger partial charge on any atom is -0.495 e. The number of rotatable bonds is 5. The average molecular weight is 262 g/mol. The van der Waals surface area contributed by atoms with Gasteiger partial charge in [0.15, 0.2) is 6.61 Å². The Morgan fingerprint density at radius 2 is 2.18 bits per heavy atom. The molecule has 0 aliphatic rings. The first-order chi connectivity index (χ1) is 7.95. The summed E-state index contributed by atoms with van der Waals surface area (Å²) in [5.74, 6) is -1.29. The van der Waals surface area contributed by atoms with Crippen molar-refractivity contribution >= 4 is 23.3 Å². The molecule has 0 aliphatic heterocycles. The van der Waals surface area contributed by atoms with Crippen LogP contribution in [0.2, 0.25) is 5.02 Å². The Kier molecular flexibility index (Phi) is 4.11. The van der Waals surface area contributed by atoms with E-state index in [0.717, 1.165) is 6.07 Å². The van der Waals surface area contributed by atoms with Crippen LogP contribution in [0.4, 0.5) is 5.69 Å². The molecule has 0 saturated heterocycles. The van der Waals surface area contributed by atoms with Crippen LogP contribution in [0, 0.1) is 10.1 Å². The van der Waals surface area contributed by atoms with Gasteiger partial charge in [0.25, 0.3) is 0 Å². The van der Waals surface area contributed by atoms with Crippen molar-refractivity contribution in [3.63, 3.8) is 0 Å². The van der Waals surface area contributed by atoms with E-state index < -0.39 is 23.2 Å². The first-order valence-corrected chi connectivity index (χ1v) is 4.70. The number of benzene rings is 1. The maximum absolute atomic E-state index is 10.7. The fourth-order valence-electron chi connectivity index (χ4n) is 1.08. The summed E-state index contributed by atoms with van der Waals surface area (Å²) in [6.45, 7) is -0.689. The van der Waals surface area contributed by atoms with E-state index in [4.69, 9.17) is 26.2 Å². The van der Waals surface area contributed by atoms with Gasteiger partial charge < -0.3 is 14.6 Å². The number of nitro benzene ring substituents is 1.